The van der Waals surface area contributed by atoms with Crippen LogP contribution >= 0.6 is 11.3 Å². The number of nitrogens with zero attached hydrogens (tertiary/aromatic N) is 1. The third kappa shape index (κ3) is 4.19. The van der Waals surface area contributed by atoms with Crippen molar-refractivity contribution >= 4 is 11.3 Å². The molecule has 0 radical (unpaired) electrons. The Labute approximate surface area is 125 Å². The molecule has 1 atom stereocenters. The average molecular weight is 284 g/mol. The summed E-state index contributed by atoms with van der Waals surface area (Å²) in [6.07, 6.45) is 1.11. The van der Waals surface area contributed by atoms with Gasteiger partial charge in [0.05, 0.1) is 0 Å². The summed E-state index contributed by atoms with van der Waals surface area (Å²) in [7, 11) is 0. The van der Waals surface area contributed by atoms with E-state index in [9.17, 15) is 0 Å². The Balaban J connectivity index is 2.03. The number of rotatable bonds is 6. The Kier molecular flexibility index (Phi) is 5.34. The van der Waals surface area contributed by atoms with Gasteiger partial charge in [0.15, 0.2) is 0 Å². The maximum absolute atomic E-state index is 8.87. The molecule has 1 heterocycles. The molecule has 1 aromatic carbocycles. The van der Waals surface area contributed by atoms with Crippen molar-refractivity contribution in [3.8, 4) is 6.07 Å². The zero-order chi connectivity index (χ0) is 14.4. The van der Waals surface area contributed by atoms with Gasteiger partial charge in [-0.25, -0.2) is 0 Å². The highest BCUT2D eigenvalue weighted by molar-refractivity contribution is 7.12. The first-order valence-electron chi connectivity index (χ1n) is 6.96. The second kappa shape index (κ2) is 7.23. The Morgan fingerprint density at radius 2 is 1.90 bits per heavy atom. The Hall–Kier alpha value is -1.63. The maximum atomic E-state index is 8.87. The third-order valence-electron chi connectivity index (χ3n) is 3.20. The zero-order valence-corrected chi connectivity index (χ0v) is 12.8. The summed E-state index contributed by atoms with van der Waals surface area (Å²) < 4.78 is 0. The van der Waals surface area contributed by atoms with E-state index in [0.717, 1.165) is 17.8 Å². The molecule has 104 valence electrons. The topological polar surface area (TPSA) is 35.8 Å². The van der Waals surface area contributed by atoms with E-state index < -0.39 is 0 Å². The van der Waals surface area contributed by atoms with E-state index in [1.165, 1.54) is 10.4 Å². The van der Waals surface area contributed by atoms with Gasteiger partial charge in [-0.1, -0.05) is 44.2 Å². The molecule has 0 spiro atoms. The van der Waals surface area contributed by atoms with E-state index in [1.807, 2.05) is 18.2 Å². The molecule has 0 saturated carbocycles. The van der Waals surface area contributed by atoms with Crippen molar-refractivity contribution in [2.24, 2.45) is 5.92 Å². The zero-order valence-electron chi connectivity index (χ0n) is 12.0. The molecule has 2 nitrogen and oxygen atoms in total. The lowest BCUT2D eigenvalue weighted by Crippen LogP contribution is -2.22. The monoisotopic (exact) mass is 284 g/mol. The SMILES string of the molecule is CC(C)CC(NCc1ccc(C#N)s1)c1ccccc1. The quantitative estimate of drug-likeness (QED) is 0.848. The lowest BCUT2D eigenvalue weighted by atomic mass is 9.97. The highest BCUT2D eigenvalue weighted by Gasteiger charge is 2.13. The summed E-state index contributed by atoms with van der Waals surface area (Å²) >= 11 is 1.57. The standard InChI is InChI=1S/C17H20N2S/c1-13(2)10-17(14-6-4-3-5-7-14)19-12-16-9-8-15(11-18)20-16/h3-9,13,17,19H,10,12H2,1-2H3. The largest absolute Gasteiger partial charge is 0.305 e. The summed E-state index contributed by atoms with van der Waals surface area (Å²) in [5.74, 6) is 0.644. The van der Waals surface area contributed by atoms with E-state index in [0.29, 0.717) is 12.0 Å². The molecule has 2 rings (SSSR count). The van der Waals surface area contributed by atoms with Crippen LogP contribution in [0.1, 0.15) is 41.6 Å². The molecular weight excluding hydrogens is 264 g/mol. The van der Waals surface area contributed by atoms with Crippen molar-refractivity contribution in [3.63, 3.8) is 0 Å². The minimum atomic E-state index is 0.365. The minimum absolute atomic E-state index is 0.365. The lowest BCUT2D eigenvalue weighted by molar-refractivity contribution is 0.430. The van der Waals surface area contributed by atoms with Crippen LogP contribution in [0.25, 0.3) is 0 Å². The molecule has 0 aliphatic heterocycles. The molecule has 2 aromatic rings. The number of hydrogen-bond donors (Lipinski definition) is 1. The van der Waals surface area contributed by atoms with E-state index >= 15 is 0 Å². The molecule has 1 aromatic heterocycles. The summed E-state index contributed by atoms with van der Waals surface area (Å²) in [5.41, 5.74) is 1.33. The fraction of sp³-hybridized carbons (Fsp3) is 0.353. The molecule has 1 unspecified atom stereocenters. The number of thiophene rings is 1. The van der Waals surface area contributed by atoms with Crippen LogP contribution in [0.3, 0.4) is 0 Å². The molecular formula is C17H20N2S. The van der Waals surface area contributed by atoms with Crippen LogP contribution in [-0.4, -0.2) is 0 Å². The molecule has 0 amide bonds. The fourth-order valence-electron chi connectivity index (χ4n) is 2.25. The summed E-state index contributed by atoms with van der Waals surface area (Å²) in [6.45, 7) is 5.31. The van der Waals surface area contributed by atoms with Crippen LogP contribution in [0.4, 0.5) is 0 Å². The van der Waals surface area contributed by atoms with Crippen LogP contribution in [0, 0.1) is 17.2 Å². The first-order valence-corrected chi connectivity index (χ1v) is 7.78. The fourth-order valence-corrected chi connectivity index (χ4v) is 3.01. The second-order valence-electron chi connectivity index (χ2n) is 5.35. The Bertz CT molecular complexity index is 566. The molecule has 0 bridgehead atoms. The summed E-state index contributed by atoms with van der Waals surface area (Å²) in [4.78, 5) is 1.99. The van der Waals surface area contributed by atoms with Crippen molar-refractivity contribution in [2.75, 3.05) is 0 Å². The molecule has 0 aliphatic carbocycles. The van der Waals surface area contributed by atoms with Crippen molar-refractivity contribution in [1.82, 2.24) is 5.32 Å². The van der Waals surface area contributed by atoms with E-state index in [4.69, 9.17) is 5.26 Å². The second-order valence-corrected chi connectivity index (χ2v) is 6.52. The molecule has 3 heteroatoms. The molecule has 1 N–H and O–H groups in total. The van der Waals surface area contributed by atoms with Gasteiger partial charge in [0, 0.05) is 17.5 Å². The number of benzene rings is 1. The van der Waals surface area contributed by atoms with Gasteiger partial charge < -0.3 is 5.32 Å². The van der Waals surface area contributed by atoms with Crippen LogP contribution in [-0.2, 0) is 6.54 Å². The maximum Gasteiger partial charge on any atom is 0.110 e. The smallest absolute Gasteiger partial charge is 0.110 e. The van der Waals surface area contributed by atoms with Gasteiger partial charge in [-0.05, 0) is 30.0 Å². The van der Waals surface area contributed by atoms with E-state index in [-0.39, 0.29) is 0 Å². The third-order valence-corrected chi connectivity index (χ3v) is 4.19. The number of hydrogen-bond acceptors (Lipinski definition) is 3. The molecule has 0 fully saturated rings. The van der Waals surface area contributed by atoms with Gasteiger partial charge in [-0.2, -0.15) is 5.26 Å². The van der Waals surface area contributed by atoms with Crippen LogP contribution < -0.4 is 5.32 Å². The minimum Gasteiger partial charge on any atom is -0.305 e. The van der Waals surface area contributed by atoms with Crippen molar-refractivity contribution < 1.29 is 0 Å². The average Bonchev–Trinajstić information content (AvgIpc) is 2.92. The predicted octanol–water partition coefficient (Wildman–Crippen LogP) is 4.50. The van der Waals surface area contributed by atoms with Gasteiger partial charge in [0.25, 0.3) is 0 Å². The van der Waals surface area contributed by atoms with Gasteiger partial charge >= 0.3 is 0 Å². The van der Waals surface area contributed by atoms with Crippen LogP contribution in [0.2, 0.25) is 0 Å². The van der Waals surface area contributed by atoms with Crippen LogP contribution in [0.5, 0.6) is 0 Å². The van der Waals surface area contributed by atoms with Crippen LogP contribution in [0.15, 0.2) is 42.5 Å². The van der Waals surface area contributed by atoms with Crippen molar-refractivity contribution in [2.45, 2.75) is 32.9 Å². The summed E-state index contributed by atoms with van der Waals surface area (Å²) in [5, 5.41) is 12.5. The van der Waals surface area contributed by atoms with Crippen molar-refractivity contribution in [1.29, 1.82) is 5.26 Å². The highest BCUT2D eigenvalue weighted by Crippen LogP contribution is 2.23. The predicted molar refractivity (Wildman–Crippen MR) is 84.5 cm³/mol. The Morgan fingerprint density at radius 1 is 1.15 bits per heavy atom. The number of nitriles is 1. The first-order chi connectivity index (χ1) is 9.69. The van der Waals surface area contributed by atoms with Gasteiger partial charge in [-0.15, -0.1) is 11.3 Å². The molecule has 0 saturated heterocycles. The normalized spacial score (nSPS) is 12.3. The van der Waals surface area contributed by atoms with Gasteiger partial charge in [0.1, 0.15) is 10.9 Å². The number of nitrogens with one attached hydrogen (secondary N) is 1. The lowest BCUT2D eigenvalue weighted by Gasteiger charge is -2.21. The first kappa shape index (κ1) is 14.8. The molecule has 0 aliphatic rings. The van der Waals surface area contributed by atoms with E-state index in [1.54, 1.807) is 11.3 Å². The van der Waals surface area contributed by atoms with Crippen molar-refractivity contribution in [3.05, 3.63) is 57.8 Å². The van der Waals surface area contributed by atoms with Gasteiger partial charge in [0.2, 0.25) is 0 Å². The Morgan fingerprint density at radius 3 is 2.50 bits per heavy atom. The van der Waals surface area contributed by atoms with Gasteiger partial charge in [-0.3, -0.25) is 0 Å². The summed E-state index contributed by atoms with van der Waals surface area (Å²) in [6, 6.07) is 17.1. The highest BCUT2D eigenvalue weighted by atomic mass is 32.1. The molecule has 20 heavy (non-hydrogen) atoms. The van der Waals surface area contributed by atoms with E-state index in [2.05, 4.69) is 49.5 Å².